The largest absolute Gasteiger partial charge is 0.313 e. The lowest BCUT2D eigenvalue weighted by atomic mass is 9.99. The molecule has 0 aliphatic carbocycles. The molecule has 0 aromatic heterocycles. The van der Waals surface area contributed by atoms with E-state index in [0.717, 1.165) is 16.6 Å². The summed E-state index contributed by atoms with van der Waals surface area (Å²) >= 11 is 5.42. The molecule has 0 aliphatic heterocycles. The number of thioether (sulfide) groups is 1. The molecule has 1 unspecified atom stereocenters. The Kier molecular flexibility index (Phi) is 6.14. The Morgan fingerprint density at radius 1 is 1.15 bits per heavy atom. The Balaban J connectivity index is 2.11. The van der Waals surface area contributed by atoms with Crippen LogP contribution in [0.5, 0.6) is 0 Å². The molecule has 1 N–H and O–H groups in total. The van der Waals surface area contributed by atoms with Gasteiger partial charge in [0.15, 0.2) is 0 Å². The van der Waals surface area contributed by atoms with E-state index in [0.29, 0.717) is 6.04 Å². The van der Waals surface area contributed by atoms with Crippen molar-refractivity contribution in [3.8, 4) is 0 Å². The van der Waals surface area contributed by atoms with E-state index in [-0.39, 0.29) is 0 Å². The summed E-state index contributed by atoms with van der Waals surface area (Å²) in [5.41, 5.74) is 2.68. The van der Waals surface area contributed by atoms with Crippen molar-refractivity contribution in [2.45, 2.75) is 24.3 Å². The van der Waals surface area contributed by atoms with Gasteiger partial charge in [-0.05, 0) is 54.6 Å². The number of nitrogens with one attached hydrogen (secondary N) is 1. The number of likely N-dealkylation sites (N-methyl/N-ethyl adjacent to an activating group) is 1. The van der Waals surface area contributed by atoms with Crippen molar-refractivity contribution in [2.75, 3.05) is 12.8 Å². The fraction of sp³-hybridized carbons (Fsp3) is 0.294. The highest BCUT2D eigenvalue weighted by molar-refractivity contribution is 9.10. The topological polar surface area (TPSA) is 12.0 Å². The molecule has 2 rings (SSSR count). The van der Waals surface area contributed by atoms with Crippen LogP contribution in [-0.4, -0.2) is 12.8 Å². The van der Waals surface area contributed by atoms with Crippen LogP contribution in [0.1, 0.15) is 24.1 Å². The van der Waals surface area contributed by atoms with Crippen molar-refractivity contribution in [2.24, 2.45) is 0 Å². The average Bonchev–Trinajstić information content (AvgIpc) is 2.46. The van der Waals surface area contributed by atoms with E-state index in [1.165, 1.54) is 16.0 Å². The Hall–Kier alpha value is -0.770. The van der Waals surface area contributed by atoms with E-state index in [2.05, 4.69) is 76.7 Å². The molecule has 1 atom stereocenters. The average molecular weight is 350 g/mol. The van der Waals surface area contributed by atoms with Crippen LogP contribution in [0.15, 0.2) is 57.9 Å². The van der Waals surface area contributed by atoms with Crippen LogP contribution in [0.2, 0.25) is 0 Å². The maximum Gasteiger partial charge on any atom is 0.0358 e. The normalized spacial score (nSPS) is 12.3. The van der Waals surface area contributed by atoms with Crippen LogP contribution < -0.4 is 5.32 Å². The van der Waals surface area contributed by atoms with E-state index in [4.69, 9.17) is 0 Å². The van der Waals surface area contributed by atoms with Crippen molar-refractivity contribution in [1.29, 1.82) is 0 Å². The minimum atomic E-state index is 0.352. The Morgan fingerprint density at radius 3 is 2.50 bits per heavy atom. The quantitative estimate of drug-likeness (QED) is 0.731. The zero-order chi connectivity index (χ0) is 14.4. The second kappa shape index (κ2) is 7.87. The van der Waals surface area contributed by atoms with E-state index in [9.17, 15) is 0 Å². The SMILES string of the molecule is CCSc1ccc(C(Cc2cccc(Br)c2)NC)cc1. The Labute approximate surface area is 134 Å². The summed E-state index contributed by atoms with van der Waals surface area (Å²) in [5, 5.41) is 3.42. The monoisotopic (exact) mass is 349 g/mol. The number of halogens is 1. The highest BCUT2D eigenvalue weighted by Crippen LogP contribution is 2.23. The predicted molar refractivity (Wildman–Crippen MR) is 92.5 cm³/mol. The van der Waals surface area contributed by atoms with Crippen LogP contribution in [0, 0.1) is 0 Å². The first-order valence-electron chi connectivity index (χ1n) is 6.87. The standard InChI is InChI=1S/C17H20BrNS/c1-3-20-16-9-7-14(8-10-16)17(19-2)12-13-5-4-6-15(18)11-13/h4-11,17,19H,3,12H2,1-2H3. The van der Waals surface area contributed by atoms with Gasteiger partial charge < -0.3 is 5.32 Å². The van der Waals surface area contributed by atoms with Gasteiger partial charge in [-0.3, -0.25) is 0 Å². The first kappa shape index (κ1) is 15.6. The van der Waals surface area contributed by atoms with E-state index < -0.39 is 0 Å². The maximum atomic E-state index is 3.53. The molecule has 0 saturated heterocycles. The molecule has 3 heteroatoms. The summed E-state index contributed by atoms with van der Waals surface area (Å²) in [6, 6.07) is 17.8. The maximum absolute atomic E-state index is 3.53. The lowest BCUT2D eigenvalue weighted by Gasteiger charge is -2.17. The van der Waals surface area contributed by atoms with Crippen molar-refractivity contribution in [1.82, 2.24) is 5.32 Å². The molecule has 1 nitrogen and oxygen atoms in total. The van der Waals surface area contributed by atoms with Crippen molar-refractivity contribution in [3.05, 3.63) is 64.1 Å². The number of rotatable bonds is 6. The van der Waals surface area contributed by atoms with Crippen LogP contribution in [0.25, 0.3) is 0 Å². The summed E-state index contributed by atoms with van der Waals surface area (Å²) in [5.74, 6) is 1.12. The molecule has 20 heavy (non-hydrogen) atoms. The summed E-state index contributed by atoms with van der Waals surface area (Å²) < 4.78 is 1.14. The molecule has 0 bridgehead atoms. The second-order valence-electron chi connectivity index (χ2n) is 4.68. The molecule has 2 aromatic rings. The van der Waals surface area contributed by atoms with Crippen LogP contribution in [0.4, 0.5) is 0 Å². The van der Waals surface area contributed by atoms with E-state index in [1.807, 2.05) is 18.8 Å². The van der Waals surface area contributed by atoms with Gasteiger partial charge in [0.1, 0.15) is 0 Å². The fourth-order valence-corrected chi connectivity index (χ4v) is 3.36. The number of benzene rings is 2. The third-order valence-electron chi connectivity index (χ3n) is 3.27. The zero-order valence-corrected chi connectivity index (χ0v) is 14.3. The Morgan fingerprint density at radius 2 is 1.90 bits per heavy atom. The smallest absolute Gasteiger partial charge is 0.0358 e. The lowest BCUT2D eigenvalue weighted by Crippen LogP contribution is -2.18. The summed E-state index contributed by atoms with van der Waals surface area (Å²) in [7, 11) is 2.03. The Bertz CT molecular complexity index is 539. The third kappa shape index (κ3) is 4.37. The number of hydrogen-bond donors (Lipinski definition) is 1. The van der Waals surface area contributed by atoms with Crippen molar-refractivity contribution >= 4 is 27.7 Å². The van der Waals surface area contributed by atoms with Crippen LogP contribution in [0.3, 0.4) is 0 Å². The summed E-state index contributed by atoms with van der Waals surface area (Å²) in [6.45, 7) is 2.18. The van der Waals surface area contributed by atoms with Gasteiger partial charge >= 0.3 is 0 Å². The molecule has 0 aliphatic rings. The zero-order valence-electron chi connectivity index (χ0n) is 11.9. The molecule has 0 fully saturated rings. The lowest BCUT2D eigenvalue weighted by molar-refractivity contribution is 0.591. The van der Waals surface area contributed by atoms with Crippen LogP contribution in [-0.2, 0) is 6.42 Å². The van der Waals surface area contributed by atoms with E-state index >= 15 is 0 Å². The highest BCUT2D eigenvalue weighted by atomic mass is 79.9. The molecule has 0 spiro atoms. The molecule has 0 saturated carbocycles. The van der Waals surface area contributed by atoms with Gasteiger partial charge in [-0.25, -0.2) is 0 Å². The van der Waals surface area contributed by atoms with Gasteiger partial charge in [0.25, 0.3) is 0 Å². The van der Waals surface area contributed by atoms with Crippen LogP contribution >= 0.6 is 27.7 Å². The second-order valence-corrected chi connectivity index (χ2v) is 6.93. The van der Waals surface area contributed by atoms with Gasteiger partial charge in [-0.15, -0.1) is 11.8 Å². The van der Waals surface area contributed by atoms with Crippen molar-refractivity contribution < 1.29 is 0 Å². The van der Waals surface area contributed by atoms with Gasteiger partial charge in [0.05, 0.1) is 0 Å². The minimum absolute atomic E-state index is 0.352. The van der Waals surface area contributed by atoms with Crippen molar-refractivity contribution in [3.63, 3.8) is 0 Å². The third-order valence-corrected chi connectivity index (χ3v) is 4.66. The van der Waals surface area contributed by atoms with Gasteiger partial charge in [0.2, 0.25) is 0 Å². The highest BCUT2D eigenvalue weighted by Gasteiger charge is 2.10. The van der Waals surface area contributed by atoms with Gasteiger partial charge in [-0.1, -0.05) is 47.1 Å². The van der Waals surface area contributed by atoms with Gasteiger partial charge in [0, 0.05) is 15.4 Å². The number of hydrogen-bond acceptors (Lipinski definition) is 2. The summed E-state index contributed by atoms with van der Waals surface area (Å²) in [4.78, 5) is 1.34. The van der Waals surface area contributed by atoms with Gasteiger partial charge in [-0.2, -0.15) is 0 Å². The molecule has 106 valence electrons. The summed E-state index contributed by atoms with van der Waals surface area (Å²) in [6.07, 6.45) is 0.996. The molecule has 0 radical (unpaired) electrons. The molecule has 2 aromatic carbocycles. The molecule has 0 heterocycles. The predicted octanol–water partition coefficient (Wildman–Crippen LogP) is 5.06. The molecule has 0 amide bonds. The molecular weight excluding hydrogens is 330 g/mol. The molecular formula is C17H20BrNS. The first-order valence-corrected chi connectivity index (χ1v) is 8.65. The van der Waals surface area contributed by atoms with E-state index in [1.54, 1.807) is 0 Å². The minimum Gasteiger partial charge on any atom is -0.313 e. The first-order chi connectivity index (χ1) is 9.72. The fourth-order valence-electron chi connectivity index (χ4n) is 2.25.